The second-order valence-corrected chi connectivity index (χ2v) is 6.32. The van der Waals surface area contributed by atoms with E-state index in [2.05, 4.69) is 38.0 Å². The number of anilines is 1. The molecule has 0 atom stereocenters. The zero-order valence-corrected chi connectivity index (χ0v) is 13.2. The van der Waals surface area contributed by atoms with E-state index in [1.165, 1.54) is 0 Å². The molecule has 0 aliphatic rings. The summed E-state index contributed by atoms with van der Waals surface area (Å²) >= 11 is 6.13. The average molecular weight is 285 g/mol. The van der Waals surface area contributed by atoms with Gasteiger partial charge in [0.15, 0.2) is 0 Å². The van der Waals surface area contributed by atoms with Gasteiger partial charge in [-0.1, -0.05) is 39.3 Å². The molecule has 0 radical (unpaired) electrons. The van der Waals surface area contributed by atoms with Crippen LogP contribution in [0.2, 0.25) is 5.02 Å². The van der Waals surface area contributed by atoms with Gasteiger partial charge in [-0.3, -0.25) is 0 Å². The van der Waals surface area contributed by atoms with Crippen molar-refractivity contribution in [3.63, 3.8) is 0 Å². The number of ether oxygens (including phenoxy) is 1. The van der Waals surface area contributed by atoms with E-state index in [-0.39, 0.29) is 0 Å². The Labute approximate surface area is 121 Å². The molecule has 0 saturated carbocycles. The Morgan fingerprint density at radius 3 is 2.68 bits per heavy atom. The van der Waals surface area contributed by atoms with Crippen LogP contribution in [0.15, 0.2) is 12.1 Å². The van der Waals surface area contributed by atoms with Crippen molar-refractivity contribution in [3.05, 3.63) is 22.8 Å². The summed E-state index contributed by atoms with van der Waals surface area (Å²) in [4.78, 5) is 4.48. The predicted octanol–water partition coefficient (Wildman–Crippen LogP) is 4.51. The van der Waals surface area contributed by atoms with Gasteiger partial charge in [0, 0.05) is 13.2 Å². The summed E-state index contributed by atoms with van der Waals surface area (Å²) in [5, 5.41) is 3.92. The predicted molar refractivity (Wildman–Crippen MR) is 81.8 cm³/mol. The molecule has 0 spiro atoms. The summed E-state index contributed by atoms with van der Waals surface area (Å²) in [6.07, 6.45) is 2.10. The lowest BCUT2D eigenvalue weighted by atomic mass is 9.93. The highest BCUT2D eigenvalue weighted by atomic mass is 35.5. The molecule has 0 aliphatic carbocycles. The average Bonchev–Trinajstić information content (AvgIpc) is 2.33. The SMILES string of the molecule is CCCNc1ccc(Cl)c(COCCC(C)(C)C)n1. The first-order chi connectivity index (χ1) is 8.92. The van der Waals surface area contributed by atoms with Crippen LogP contribution in [0.3, 0.4) is 0 Å². The van der Waals surface area contributed by atoms with Crippen molar-refractivity contribution in [1.82, 2.24) is 4.98 Å². The van der Waals surface area contributed by atoms with E-state index in [1.54, 1.807) is 0 Å². The van der Waals surface area contributed by atoms with E-state index in [9.17, 15) is 0 Å². The topological polar surface area (TPSA) is 34.1 Å². The van der Waals surface area contributed by atoms with Crippen LogP contribution in [0.25, 0.3) is 0 Å². The number of pyridine rings is 1. The molecule has 4 heteroatoms. The summed E-state index contributed by atoms with van der Waals surface area (Å²) in [6.45, 7) is 10.9. The highest BCUT2D eigenvalue weighted by molar-refractivity contribution is 6.31. The monoisotopic (exact) mass is 284 g/mol. The maximum absolute atomic E-state index is 6.13. The fourth-order valence-electron chi connectivity index (χ4n) is 1.48. The van der Waals surface area contributed by atoms with Crippen molar-refractivity contribution in [2.75, 3.05) is 18.5 Å². The summed E-state index contributed by atoms with van der Waals surface area (Å²) in [6, 6.07) is 3.77. The van der Waals surface area contributed by atoms with Crippen LogP contribution in [-0.2, 0) is 11.3 Å². The van der Waals surface area contributed by atoms with E-state index in [1.807, 2.05) is 12.1 Å². The maximum atomic E-state index is 6.13. The zero-order chi connectivity index (χ0) is 14.3. The largest absolute Gasteiger partial charge is 0.375 e. The molecule has 0 aromatic carbocycles. The molecule has 0 amide bonds. The van der Waals surface area contributed by atoms with Gasteiger partial charge in [-0.2, -0.15) is 0 Å². The molecule has 1 heterocycles. The van der Waals surface area contributed by atoms with Gasteiger partial charge in [0.25, 0.3) is 0 Å². The van der Waals surface area contributed by atoms with Crippen LogP contribution in [0, 0.1) is 5.41 Å². The molecule has 108 valence electrons. The van der Waals surface area contributed by atoms with Crippen molar-refractivity contribution in [2.24, 2.45) is 5.41 Å². The van der Waals surface area contributed by atoms with Gasteiger partial charge in [-0.15, -0.1) is 0 Å². The van der Waals surface area contributed by atoms with Gasteiger partial charge in [-0.05, 0) is 30.4 Å². The van der Waals surface area contributed by atoms with Crippen LogP contribution in [0.1, 0.15) is 46.2 Å². The van der Waals surface area contributed by atoms with Gasteiger partial charge in [0.1, 0.15) is 5.82 Å². The molecule has 1 aromatic heterocycles. The van der Waals surface area contributed by atoms with Crippen molar-refractivity contribution in [3.8, 4) is 0 Å². The summed E-state index contributed by atoms with van der Waals surface area (Å²) in [5.41, 5.74) is 1.10. The Bertz CT molecular complexity index is 388. The van der Waals surface area contributed by atoms with Crippen LogP contribution >= 0.6 is 11.6 Å². The Morgan fingerprint density at radius 1 is 1.32 bits per heavy atom. The fraction of sp³-hybridized carbons (Fsp3) is 0.667. The second kappa shape index (κ2) is 7.71. The van der Waals surface area contributed by atoms with E-state index in [0.29, 0.717) is 17.0 Å². The van der Waals surface area contributed by atoms with Crippen molar-refractivity contribution in [2.45, 2.75) is 47.1 Å². The Morgan fingerprint density at radius 2 is 2.05 bits per heavy atom. The Hall–Kier alpha value is -0.800. The number of aromatic nitrogens is 1. The molecule has 0 bridgehead atoms. The number of rotatable bonds is 7. The maximum Gasteiger partial charge on any atom is 0.126 e. The van der Waals surface area contributed by atoms with E-state index in [0.717, 1.165) is 37.5 Å². The first-order valence-corrected chi connectivity index (χ1v) is 7.27. The molecule has 0 saturated heterocycles. The van der Waals surface area contributed by atoms with Crippen LogP contribution in [-0.4, -0.2) is 18.1 Å². The number of nitrogens with zero attached hydrogens (tertiary/aromatic N) is 1. The highest BCUT2D eigenvalue weighted by Crippen LogP contribution is 2.20. The molecular weight excluding hydrogens is 260 g/mol. The fourth-order valence-corrected chi connectivity index (χ4v) is 1.64. The second-order valence-electron chi connectivity index (χ2n) is 5.92. The molecular formula is C15H25ClN2O. The quantitative estimate of drug-likeness (QED) is 0.748. The molecule has 0 unspecified atom stereocenters. The van der Waals surface area contributed by atoms with E-state index >= 15 is 0 Å². The third-order valence-electron chi connectivity index (χ3n) is 2.71. The lowest BCUT2D eigenvalue weighted by molar-refractivity contribution is 0.0942. The van der Waals surface area contributed by atoms with Crippen molar-refractivity contribution >= 4 is 17.4 Å². The first-order valence-electron chi connectivity index (χ1n) is 6.89. The summed E-state index contributed by atoms with van der Waals surface area (Å²) in [7, 11) is 0. The Kier molecular flexibility index (Phi) is 6.59. The molecule has 1 N–H and O–H groups in total. The molecule has 3 nitrogen and oxygen atoms in total. The molecule has 0 aliphatic heterocycles. The molecule has 1 rings (SSSR count). The number of halogens is 1. The first kappa shape index (κ1) is 16.3. The van der Waals surface area contributed by atoms with E-state index in [4.69, 9.17) is 16.3 Å². The van der Waals surface area contributed by atoms with Gasteiger partial charge >= 0.3 is 0 Å². The minimum absolute atomic E-state index is 0.293. The van der Waals surface area contributed by atoms with Gasteiger partial charge < -0.3 is 10.1 Å². The third-order valence-corrected chi connectivity index (χ3v) is 3.05. The van der Waals surface area contributed by atoms with Gasteiger partial charge in [0.2, 0.25) is 0 Å². The minimum Gasteiger partial charge on any atom is -0.375 e. The van der Waals surface area contributed by atoms with Gasteiger partial charge in [0.05, 0.1) is 17.3 Å². The minimum atomic E-state index is 0.293. The highest BCUT2D eigenvalue weighted by Gasteiger charge is 2.10. The zero-order valence-electron chi connectivity index (χ0n) is 12.4. The van der Waals surface area contributed by atoms with Crippen LogP contribution in [0.4, 0.5) is 5.82 Å². The summed E-state index contributed by atoms with van der Waals surface area (Å²) < 4.78 is 5.66. The van der Waals surface area contributed by atoms with Crippen LogP contribution < -0.4 is 5.32 Å². The van der Waals surface area contributed by atoms with Gasteiger partial charge in [-0.25, -0.2) is 4.98 Å². The molecule has 1 aromatic rings. The molecule has 19 heavy (non-hydrogen) atoms. The number of hydrogen-bond donors (Lipinski definition) is 1. The number of hydrogen-bond acceptors (Lipinski definition) is 3. The van der Waals surface area contributed by atoms with Crippen molar-refractivity contribution in [1.29, 1.82) is 0 Å². The summed E-state index contributed by atoms with van der Waals surface area (Å²) in [5.74, 6) is 0.862. The standard InChI is InChI=1S/C15H25ClN2O/c1-5-9-17-14-7-6-12(16)13(18-14)11-19-10-8-15(2,3)4/h6-7H,5,8-11H2,1-4H3,(H,17,18). The Balaban J connectivity index is 2.47. The normalized spacial score (nSPS) is 11.6. The molecule has 0 fully saturated rings. The van der Waals surface area contributed by atoms with Crippen LogP contribution in [0.5, 0.6) is 0 Å². The van der Waals surface area contributed by atoms with E-state index < -0.39 is 0 Å². The van der Waals surface area contributed by atoms with Crippen molar-refractivity contribution < 1.29 is 4.74 Å². The lowest BCUT2D eigenvalue weighted by Gasteiger charge is -2.17. The smallest absolute Gasteiger partial charge is 0.126 e. The lowest BCUT2D eigenvalue weighted by Crippen LogP contribution is -2.10. The number of nitrogens with one attached hydrogen (secondary N) is 1. The third kappa shape index (κ3) is 6.79.